The van der Waals surface area contributed by atoms with Crippen molar-refractivity contribution in [1.29, 1.82) is 0 Å². The smallest absolute Gasteiger partial charge is 0.247 e. The molecular weight excluding hydrogens is 329 g/mol. The second-order valence-electron chi connectivity index (χ2n) is 6.89. The molecule has 0 radical (unpaired) electrons. The lowest BCUT2D eigenvalue weighted by Crippen LogP contribution is -2.31. The highest BCUT2D eigenvalue weighted by atomic mass is 19.1. The summed E-state index contributed by atoms with van der Waals surface area (Å²) in [6, 6.07) is 6.91. The number of halogens is 1. The number of allylic oxidation sites excluding steroid dienone is 1. The summed E-state index contributed by atoms with van der Waals surface area (Å²) in [5.74, 6) is 0.490. The quantitative estimate of drug-likeness (QED) is 0.850. The lowest BCUT2D eigenvalue weighted by Gasteiger charge is -2.20. The number of nitrogens with one attached hydrogen (secondary N) is 1. The van der Waals surface area contributed by atoms with Gasteiger partial charge in [0, 0.05) is 38.0 Å². The summed E-state index contributed by atoms with van der Waals surface area (Å²) in [6.45, 7) is 4.57. The molecule has 1 aliphatic rings. The largest absolute Gasteiger partial charge is 0.363 e. The van der Waals surface area contributed by atoms with Crippen molar-refractivity contribution in [2.75, 3.05) is 25.5 Å². The molecule has 1 aromatic heterocycles. The minimum Gasteiger partial charge on any atom is -0.363 e. The van der Waals surface area contributed by atoms with E-state index >= 15 is 0 Å². The van der Waals surface area contributed by atoms with E-state index < -0.39 is 0 Å². The van der Waals surface area contributed by atoms with E-state index in [9.17, 15) is 9.18 Å². The first-order valence-corrected chi connectivity index (χ1v) is 8.80. The van der Waals surface area contributed by atoms with E-state index in [4.69, 9.17) is 0 Å². The molecule has 1 N–H and O–H groups in total. The molecule has 0 saturated carbocycles. The van der Waals surface area contributed by atoms with E-state index in [1.54, 1.807) is 6.20 Å². The molecule has 0 aliphatic carbocycles. The van der Waals surface area contributed by atoms with Gasteiger partial charge >= 0.3 is 0 Å². The second kappa shape index (κ2) is 7.28. The van der Waals surface area contributed by atoms with Crippen molar-refractivity contribution in [3.8, 4) is 11.1 Å². The molecule has 136 valence electrons. The Morgan fingerprint density at radius 3 is 2.65 bits per heavy atom. The Bertz CT molecular complexity index is 870. The predicted molar refractivity (Wildman–Crippen MR) is 104 cm³/mol. The maximum absolute atomic E-state index is 14.4. The Labute approximate surface area is 153 Å². The Morgan fingerprint density at radius 1 is 1.27 bits per heavy atom. The molecule has 4 nitrogen and oxygen atoms in total. The summed E-state index contributed by atoms with van der Waals surface area (Å²) in [7, 11) is 3.86. The monoisotopic (exact) mass is 353 g/mol. The van der Waals surface area contributed by atoms with Crippen molar-refractivity contribution in [3.05, 3.63) is 53.0 Å². The van der Waals surface area contributed by atoms with Crippen LogP contribution in [0.15, 0.2) is 36.0 Å². The fourth-order valence-electron chi connectivity index (χ4n) is 3.39. The van der Waals surface area contributed by atoms with Crippen molar-refractivity contribution in [2.45, 2.75) is 26.7 Å². The number of piperidine rings is 1. The molecule has 0 spiro atoms. The third-order valence-corrected chi connectivity index (χ3v) is 4.91. The van der Waals surface area contributed by atoms with Crippen LogP contribution in [0, 0.1) is 12.7 Å². The lowest BCUT2D eigenvalue weighted by atomic mass is 9.89. The average Bonchev–Trinajstić information content (AvgIpc) is 2.63. The number of carbonyl (C=O) groups is 1. The Hall–Kier alpha value is -2.69. The molecular formula is C21H24FN3O. The van der Waals surface area contributed by atoms with Gasteiger partial charge < -0.3 is 10.2 Å². The molecule has 0 bridgehead atoms. The number of nitrogens with zero attached hydrogens (tertiary/aromatic N) is 2. The molecule has 3 rings (SSSR count). The predicted octanol–water partition coefficient (Wildman–Crippen LogP) is 3.95. The Balaban J connectivity index is 2.09. The average molecular weight is 353 g/mol. The number of rotatable bonds is 3. The van der Waals surface area contributed by atoms with Gasteiger partial charge in [-0.3, -0.25) is 4.79 Å². The molecule has 1 aromatic carbocycles. The topological polar surface area (TPSA) is 45.2 Å². The lowest BCUT2D eigenvalue weighted by molar-refractivity contribution is -0.118. The van der Waals surface area contributed by atoms with Crippen LogP contribution < -0.4 is 10.2 Å². The van der Waals surface area contributed by atoms with E-state index in [1.807, 2.05) is 45.0 Å². The van der Waals surface area contributed by atoms with Crippen molar-refractivity contribution in [2.24, 2.45) is 0 Å². The van der Waals surface area contributed by atoms with Gasteiger partial charge in [0.25, 0.3) is 0 Å². The van der Waals surface area contributed by atoms with Gasteiger partial charge in [-0.15, -0.1) is 0 Å². The molecule has 26 heavy (non-hydrogen) atoms. The number of aromatic nitrogens is 1. The van der Waals surface area contributed by atoms with Gasteiger partial charge in [0.15, 0.2) is 0 Å². The maximum atomic E-state index is 14.4. The number of carbonyl (C=O) groups excluding carboxylic acids is 1. The first-order valence-electron chi connectivity index (χ1n) is 8.80. The van der Waals surface area contributed by atoms with Crippen LogP contribution in [-0.2, 0) is 4.79 Å². The van der Waals surface area contributed by atoms with Crippen LogP contribution >= 0.6 is 0 Å². The van der Waals surface area contributed by atoms with Gasteiger partial charge in [-0.25, -0.2) is 9.37 Å². The van der Waals surface area contributed by atoms with Crippen molar-refractivity contribution in [3.63, 3.8) is 0 Å². The number of pyridine rings is 1. The number of benzene rings is 1. The Kier molecular flexibility index (Phi) is 5.07. The van der Waals surface area contributed by atoms with Crippen molar-refractivity contribution < 1.29 is 9.18 Å². The first kappa shape index (κ1) is 18.1. The van der Waals surface area contributed by atoms with E-state index in [0.717, 1.165) is 52.1 Å². The molecule has 0 unspecified atom stereocenters. The summed E-state index contributed by atoms with van der Waals surface area (Å²) in [5.41, 5.74) is 4.99. The second-order valence-corrected chi connectivity index (χ2v) is 6.89. The number of hydrogen-bond donors (Lipinski definition) is 1. The van der Waals surface area contributed by atoms with E-state index in [-0.39, 0.29) is 11.7 Å². The van der Waals surface area contributed by atoms with Gasteiger partial charge in [0.05, 0.1) is 0 Å². The van der Waals surface area contributed by atoms with Crippen LogP contribution in [0.25, 0.3) is 16.7 Å². The van der Waals surface area contributed by atoms with Crippen molar-refractivity contribution in [1.82, 2.24) is 10.3 Å². The summed E-state index contributed by atoms with van der Waals surface area (Å²) in [4.78, 5) is 18.5. The third-order valence-electron chi connectivity index (χ3n) is 4.91. The highest BCUT2D eigenvalue weighted by Crippen LogP contribution is 2.33. The number of anilines is 1. The summed E-state index contributed by atoms with van der Waals surface area (Å²) >= 11 is 0. The fraction of sp³-hybridized carbons (Fsp3) is 0.333. The summed E-state index contributed by atoms with van der Waals surface area (Å²) < 4.78 is 14.4. The summed E-state index contributed by atoms with van der Waals surface area (Å²) in [6.07, 6.45) is 3.40. The fourth-order valence-corrected chi connectivity index (χ4v) is 3.39. The van der Waals surface area contributed by atoms with Gasteiger partial charge in [-0.1, -0.05) is 0 Å². The molecule has 2 aromatic rings. The standard InChI is InChI=1S/C21H24FN3O/c1-13(17-6-5-9-23-21(17)26)18-10-16(22)11-19(14(18)2)15-7-8-20(24-12-15)25(3)4/h7-8,10-12H,5-6,9H2,1-4H3,(H,23,26)/b17-13+. The Morgan fingerprint density at radius 2 is 2.04 bits per heavy atom. The zero-order valence-corrected chi connectivity index (χ0v) is 15.7. The zero-order chi connectivity index (χ0) is 18.8. The molecule has 1 aliphatic heterocycles. The highest BCUT2D eigenvalue weighted by Gasteiger charge is 2.20. The van der Waals surface area contributed by atoms with Gasteiger partial charge in [0.1, 0.15) is 11.6 Å². The third kappa shape index (κ3) is 3.47. The zero-order valence-electron chi connectivity index (χ0n) is 15.7. The maximum Gasteiger partial charge on any atom is 0.247 e. The van der Waals surface area contributed by atoms with Crippen LogP contribution in [0.3, 0.4) is 0 Å². The molecule has 1 saturated heterocycles. The van der Waals surface area contributed by atoms with Gasteiger partial charge in [-0.05, 0) is 73.2 Å². The van der Waals surface area contributed by atoms with E-state index in [0.29, 0.717) is 6.54 Å². The van der Waals surface area contributed by atoms with Crippen LogP contribution in [0.4, 0.5) is 10.2 Å². The van der Waals surface area contributed by atoms with E-state index in [2.05, 4.69) is 10.3 Å². The minimum atomic E-state index is -0.312. The van der Waals surface area contributed by atoms with Gasteiger partial charge in [-0.2, -0.15) is 0 Å². The molecule has 5 heteroatoms. The van der Waals surface area contributed by atoms with Crippen LogP contribution in [0.5, 0.6) is 0 Å². The number of hydrogen-bond acceptors (Lipinski definition) is 3. The van der Waals surface area contributed by atoms with E-state index in [1.165, 1.54) is 12.1 Å². The minimum absolute atomic E-state index is 0.0454. The molecule has 2 heterocycles. The SMILES string of the molecule is C/C(=C1/CCCNC1=O)c1cc(F)cc(-c2ccc(N(C)C)nc2)c1C. The van der Waals surface area contributed by atoms with Crippen LogP contribution in [-0.4, -0.2) is 31.5 Å². The normalized spacial score (nSPS) is 16.3. The summed E-state index contributed by atoms with van der Waals surface area (Å²) in [5, 5.41) is 2.87. The molecule has 1 fully saturated rings. The highest BCUT2D eigenvalue weighted by molar-refractivity contribution is 6.02. The number of amides is 1. The van der Waals surface area contributed by atoms with Crippen LogP contribution in [0.1, 0.15) is 30.9 Å². The molecule has 1 amide bonds. The van der Waals surface area contributed by atoms with Crippen LogP contribution in [0.2, 0.25) is 0 Å². The van der Waals surface area contributed by atoms with Gasteiger partial charge in [0.2, 0.25) is 5.91 Å². The first-order chi connectivity index (χ1) is 12.4. The molecule has 0 atom stereocenters. The van der Waals surface area contributed by atoms with Crippen molar-refractivity contribution >= 4 is 17.3 Å².